The normalized spacial score (nSPS) is 10.5. The molecule has 0 saturated carbocycles. The lowest BCUT2D eigenvalue weighted by Gasteiger charge is -2.09. The lowest BCUT2D eigenvalue weighted by atomic mass is 10.2. The van der Waals surface area contributed by atoms with Gasteiger partial charge in [-0.3, -0.25) is 0 Å². The SMILES string of the molecule is C=C(C)CNc1ccc2scnc2c1N. The third-order valence-corrected chi connectivity index (χ3v) is 2.92. The fourth-order valence-corrected chi connectivity index (χ4v) is 2.04. The van der Waals surface area contributed by atoms with Crippen LogP contribution in [0.4, 0.5) is 11.4 Å². The number of thiazole rings is 1. The Morgan fingerprint density at radius 1 is 1.60 bits per heavy atom. The van der Waals surface area contributed by atoms with Crippen molar-refractivity contribution in [1.82, 2.24) is 4.98 Å². The first kappa shape index (κ1) is 9.98. The number of benzene rings is 1. The van der Waals surface area contributed by atoms with Gasteiger partial charge >= 0.3 is 0 Å². The van der Waals surface area contributed by atoms with Crippen LogP contribution in [0, 0.1) is 0 Å². The van der Waals surface area contributed by atoms with Crippen LogP contribution < -0.4 is 11.1 Å². The van der Waals surface area contributed by atoms with Crippen LogP contribution in [0.3, 0.4) is 0 Å². The van der Waals surface area contributed by atoms with Gasteiger partial charge in [0.05, 0.1) is 21.6 Å². The van der Waals surface area contributed by atoms with Gasteiger partial charge < -0.3 is 11.1 Å². The molecule has 0 fully saturated rings. The molecule has 3 N–H and O–H groups in total. The van der Waals surface area contributed by atoms with Crippen LogP contribution in [0.25, 0.3) is 10.2 Å². The molecule has 0 atom stereocenters. The Morgan fingerprint density at radius 3 is 3.13 bits per heavy atom. The van der Waals surface area contributed by atoms with Gasteiger partial charge in [0, 0.05) is 6.54 Å². The molecule has 0 unspecified atom stereocenters. The van der Waals surface area contributed by atoms with E-state index in [-0.39, 0.29) is 0 Å². The fraction of sp³-hybridized carbons (Fsp3) is 0.182. The van der Waals surface area contributed by atoms with E-state index in [4.69, 9.17) is 5.73 Å². The predicted molar refractivity (Wildman–Crippen MR) is 67.3 cm³/mol. The molecule has 1 aromatic carbocycles. The summed E-state index contributed by atoms with van der Waals surface area (Å²) in [6.07, 6.45) is 0. The largest absolute Gasteiger partial charge is 0.395 e. The van der Waals surface area contributed by atoms with Crippen molar-refractivity contribution in [2.75, 3.05) is 17.6 Å². The molecule has 3 nitrogen and oxygen atoms in total. The maximum atomic E-state index is 6.00. The van der Waals surface area contributed by atoms with Crippen LogP contribution in [0.1, 0.15) is 6.92 Å². The number of aromatic nitrogens is 1. The minimum absolute atomic E-state index is 0.718. The molecule has 0 radical (unpaired) electrons. The van der Waals surface area contributed by atoms with Gasteiger partial charge in [0.15, 0.2) is 0 Å². The molecule has 1 heterocycles. The first-order chi connectivity index (χ1) is 7.18. The molecule has 0 aliphatic carbocycles. The first-order valence-electron chi connectivity index (χ1n) is 4.68. The summed E-state index contributed by atoms with van der Waals surface area (Å²) in [6.45, 7) is 6.55. The molecule has 78 valence electrons. The highest BCUT2D eigenvalue weighted by Crippen LogP contribution is 2.29. The number of nitrogens with zero attached hydrogens (tertiary/aromatic N) is 1. The fourth-order valence-electron chi connectivity index (χ4n) is 1.35. The molecule has 0 amide bonds. The van der Waals surface area contributed by atoms with Gasteiger partial charge in [0.25, 0.3) is 0 Å². The van der Waals surface area contributed by atoms with Crippen molar-refractivity contribution in [3.63, 3.8) is 0 Å². The first-order valence-corrected chi connectivity index (χ1v) is 5.56. The molecule has 2 aromatic rings. The number of rotatable bonds is 3. The van der Waals surface area contributed by atoms with Crippen LogP contribution >= 0.6 is 11.3 Å². The van der Waals surface area contributed by atoms with Gasteiger partial charge in [-0.1, -0.05) is 12.2 Å². The molecular weight excluding hydrogens is 206 g/mol. The van der Waals surface area contributed by atoms with Crippen LogP contribution in [-0.2, 0) is 0 Å². The highest BCUT2D eigenvalue weighted by molar-refractivity contribution is 7.16. The Kier molecular flexibility index (Phi) is 2.60. The second-order valence-corrected chi connectivity index (χ2v) is 4.42. The zero-order chi connectivity index (χ0) is 10.8. The van der Waals surface area contributed by atoms with Crippen LogP contribution in [-0.4, -0.2) is 11.5 Å². The number of hydrogen-bond donors (Lipinski definition) is 2. The van der Waals surface area contributed by atoms with Gasteiger partial charge in [0.1, 0.15) is 5.52 Å². The summed E-state index contributed by atoms with van der Waals surface area (Å²) in [5, 5.41) is 3.23. The quantitative estimate of drug-likeness (QED) is 0.616. The molecule has 0 spiro atoms. The monoisotopic (exact) mass is 219 g/mol. The van der Waals surface area contributed by atoms with E-state index in [0.717, 1.165) is 33.7 Å². The van der Waals surface area contributed by atoms with E-state index < -0.39 is 0 Å². The van der Waals surface area contributed by atoms with Crippen LogP contribution in [0.5, 0.6) is 0 Å². The Labute approximate surface area is 92.6 Å². The van der Waals surface area contributed by atoms with Crippen molar-refractivity contribution in [2.24, 2.45) is 0 Å². The lowest BCUT2D eigenvalue weighted by molar-refractivity contribution is 1.22. The molecule has 2 rings (SSSR count). The minimum atomic E-state index is 0.718. The summed E-state index contributed by atoms with van der Waals surface area (Å²) >= 11 is 1.60. The number of nitrogens with two attached hydrogens (primary N) is 1. The average molecular weight is 219 g/mol. The Hall–Kier alpha value is -1.55. The van der Waals surface area contributed by atoms with E-state index in [1.54, 1.807) is 11.3 Å². The van der Waals surface area contributed by atoms with E-state index in [1.807, 2.05) is 24.6 Å². The van der Waals surface area contributed by atoms with Gasteiger partial charge in [0.2, 0.25) is 0 Å². The number of hydrogen-bond acceptors (Lipinski definition) is 4. The highest BCUT2D eigenvalue weighted by Gasteiger charge is 2.05. The van der Waals surface area contributed by atoms with E-state index in [9.17, 15) is 0 Å². The van der Waals surface area contributed by atoms with Crippen molar-refractivity contribution >= 4 is 32.9 Å². The summed E-state index contributed by atoms with van der Waals surface area (Å²) in [5.74, 6) is 0. The van der Waals surface area contributed by atoms with Gasteiger partial charge in [-0.05, 0) is 19.1 Å². The van der Waals surface area contributed by atoms with Crippen LogP contribution in [0.15, 0.2) is 29.8 Å². The number of fused-ring (bicyclic) bond motifs is 1. The smallest absolute Gasteiger partial charge is 0.106 e. The van der Waals surface area contributed by atoms with E-state index in [0.29, 0.717) is 0 Å². The number of nitrogens with one attached hydrogen (secondary N) is 1. The van der Waals surface area contributed by atoms with E-state index >= 15 is 0 Å². The molecule has 4 heteroatoms. The maximum absolute atomic E-state index is 6.00. The molecule has 15 heavy (non-hydrogen) atoms. The van der Waals surface area contributed by atoms with Gasteiger partial charge in [-0.15, -0.1) is 11.3 Å². The summed E-state index contributed by atoms with van der Waals surface area (Å²) in [5.41, 5.74) is 11.4. The summed E-state index contributed by atoms with van der Waals surface area (Å²) in [6, 6.07) is 4.02. The molecule has 0 saturated heterocycles. The molecular formula is C11H13N3S. The third-order valence-electron chi connectivity index (χ3n) is 2.12. The number of anilines is 2. The number of nitrogen functional groups attached to an aromatic ring is 1. The Balaban J connectivity index is 2.35. The summed E-state index contributed by atoms with van der Waals surface area (Å²) in [7, 11) is 0. The van der Waals surface area contributed by atoms with Gasteiger partial charge in [-0.2, -0.15) is 0 Å². The van der Waals surface area contributed by atoms with Crippen LogP contribution in [0.2, 0.25) is 0 Å². The van der Waals surface area contributed by atoms with Crippen molar-refractivity contribution in [2.45, 2.75) is 6.92 Å². The summed E-state index contributed by atoms with van der Waals surface area (Å²) in [4.78, 5) is 4.24. The maximum Gasteiger partial charge on any atom is 0.106 e. The molecule has 1 aromatic heterocycles. The van der Waals surface area contributed by atoms with Crippen molar-refractivity contribution in [3.8, 4) is 0 Å². The summed E-state index contributed by atoms with van der Waals surface area (Å²) < 4.78 is 1.12. The molecule has 0 aliphatic heterocycles. The second kappa shape index (κ2) is 3.90. The standard InChI is InChI=1S/C11H13N3S/c1-7(2)5-13-8-3-4-9-11(10(8)12)14-6-15-9/h3-4,6,13H,1,5,12H2,2H3. The highest BCUT2D eigenvalue weighted by atomic mass is 32.1. The minimum Gasteiger partial charge on any atom is -0.395 e. The predicted octanol–water partition coefficient (Wildman–Crippen LogP) is 2.87. The van der Waals surface area contributed by atoms with E-state index in [2.05, 4.69) is 16.9 Å². The van der Waals surface area contributed by atoms with Crippen molar-refractivity contribution < 1.29 is 0 Å². The second-order valence-electron chi connectivity index (χ2n) is 3.54. The van der Waals surface area contributed by atoms with E-state index in [1.165, 1.54) is 0 Å². The third kappa shape index (κ3) is 1.94. The Bertz CT molecular complexity index is 502. The van der Waals surface area contributed by atoms with Crippen molar-refractivity contribution in [3.05, 3.63) is 29.8 Å². The zero-order valence-electron chi connectivity index (χ0n) is 8.58. The Morgan fingerprint density at radius 2 is 2.40 bits per heavy atom. The molecule has 0 bridgehead atoms. The molecule has 0 aliphatic rings. The average Bonchev–Trinajstić information content (AvgIpc) is 2.65. The lowest BCUT2D eigenvalue weighted by Crippen LogP contribution is -2.04. The van der Waals surface area contributed by atoms with Gasteiger partial charge in [-0.25, -0.2) is 4.98 Å². The van der Waals surface area contributed by atoms with Crippen molar-refractivity contribution in [1.29, 1.82) is 0 Å². The topological polar surface area (TPSA) is 50.9 Å². The zero-order valence-corrected chi connectivity index (χ0v) is 9.40.